The number of nitrogens with one attached hydrogen (secondary N) is 2. The van der Waals surface area contributed by atoms with Gasteiger partial charge < -0.3 is 10.1 Å². The van der Waals surface area contributed by atoms with Gasteiger partial charge in [-0.2, -0.15) is 5.10 Å². The number of amides is 1. The van der Waals surface area contributed by atoms with E-state index in [2.05, 4.69) is 15.8 Å². The first kappa shape index (κ1) is 22.2. The zero-order chi connectivity index (χ0) is 22.9. The minimum absolute atomic E-state index is 0.0406. The summed E-state index contributed by atoms with van der Waals surface area (Å²) in [5.41, 5.74) is 4.80. The summed E-state index contributed by atoms with van der Waals surface area (Å²) in [6.45, 7) is 1.98. The molecule has 9 heteroatoms. The SMILES string of the molecule is Cc1ccccc1NCC(=O)N/N=C\c1ccccc1OC(=O)c1ccc([N+](=O)[O-])cc1. The van der Waals surface area contributed by atoms with Crippen molar-refractivity contribution in [3.63, 3.8) is 0 Å². The molecule has 0 saturated heterocycles. The summed E-state index contributed by atoms with van der Waals surface area (Å²) >= 11 is 0. The third kappa shape index (κ3) is 5.99. The Morgan fingerprint density at radius 1 is 1.03 bits per heavy atom. The highest BCUT2D eigenvalue weighted by atomic mass is 16.6. The van der Waals surface area contributed by atoms with E-state index in [0.717, 1.165) is 11.3 Å². The number of nitro groups is 1. The molecule has 0 aliphatic heterocycles. The largest absolute Gasteiger partial charge is 0.422 e. The topological polar surface area (TPSA) is 123 Å². The molecule has 0 aliphatic rings. The molecule has 32 heavy (non-hydrogen) atoms. The van der Waals surface area contributed by atoms with Gasteiger partial charge >= 0.3 is 5.97 Å². The van der Waals surface area contributed by atoms with E-state index in [1.54, 1.807) is 24.3 Å². The third-order valence-corrected chi connectivity index (χ3v) is 4.41. The first-order valence-corrected chi connectivity index (χ1v) is 9.61. The summed E-state index contributed by atoms with van der Waals surface area (Å²) in [7, 11) is 0. The molecule has 0 radical (unpaired) electrons. The predicted octanol–water partition coefficient (Wildman–Crippen LogP) is 3.68. The summed E-state index contributed by atoms with van der Waals surface area (Å²) in [6.07, 6.45) is 1.37. The van der Waals surface area contributed by atoms with Crippen molar-refractivity contribution < 1.29 is 19.2 Å². The van der Waals surface area contributed by atoms with E-state index in [0.29, 0.717) is 5.56 Å². The number of anilines is 1. The molecule has 0 aliphatic carbocycles. The highest BCUT2D eigenvalue weighted by Crippen LogP contribution is 2.19. The van der Waals surface area contributed by atoms with Crippen molar-refractivity contribution in [1.82, 2.24) is 5.43 Å². The Morgan fingerprint density at radius 2 is 1.72 bits per heavy atom. The van der Waals surface area contributed by atoms with Crippen molar-refractivity contribution in [2.45, 2.75) is 6.92 Å². The first-order valence-electron chi connectivity index (χ1n) is 9.61. The minimum Gasteiger partial charge on any atom is -0.422 e. The zero-order valence-corrected chi connectivity index (χ0v) is 17.1. The molecule has 162 valence electrons. The molecule has 1 amide bonds. The Hall–Kier alpha value is -4.53. The van der Waals surface area contributed by atoms with Crippen LogP contribution in [0.15, 0.2) is 77.9 Å². The van der Waals surface area contributed by atoms with Crippen LogP contribution in [0.25, 0.3) is 0 Å². The quantitative estimate of drug-likeness (QED) is 0.184. The average Bonchev–Trinajstić information content (AvgIpc) is 2.79. The lowest BCUT2D eigenvalue weighted by atomic mass is 10.2. The fourth-order valence-electron chi connectivity index (χ4n) is 2.72. The van der Waals surface area contributed by atoms with Crippen LogP contribution < -0.4 is 15.5 Å². The number of nitrogens with zero attached hydrogens (tertiary/aromatic N) is 2. The average molecular weight is 432 g/mol. The Labute approximate surface area is 183 Å². The van der Waals surface area contributed by atoms with Gasteiger partial charge in [0.25, 0.3) is 11.6 Å². The summed E-state index contributed by atoms with van der Waals surface area (Å²) in [5, 5.41) is 17.7. The van der Waals surface area contributed by atoms with Crippen LogP contribution in [-0.2, 0) is 4.79 Å². The van der Waals surface area contributed by atoms with E-state index in [9.17, 15) is 19.7 Å². The van der Waals surface area contributed by atoms with Crippen LogP contribution in [0.5, 0.6) is 5.75 Å². The number of esters is 1. The number of non-ortho nitro benzene ring substituents is 1. The number of aryl methyl sites for hydroxylation is 1. The second-order valence-corrected chi connectivity index (χ2v) is 6.69. The van der Waals surface area contributed by atoms with Crippen molar-refractivity contribution in [2.75, 3.05) is 11.9 Å². The monoisotopic (exact) mass is 432 g/mol. The van der Waals surface area contributed by atoms with Crippen LogP contribution in [0.1, 0.15) is 21.5 Å². The first-order chi connectivity index (χ1) is 15.4. The van der Waals surface area contributed by atoms with Crippen molar-refractivity contribution in [2.24, 2.45) is 5.10 Å². The Kier molecular flexibility index (Phi) is 7.26. The lowest BCUT2D eigenvalue weighted by molar-refractivity contribution is -0.384. The highest BCUT2D eigenvalue weighted by molar-refractivity contribution is 5.93. The minimum atomic E-state index is -0.674. The molecule has 3 aromatic rings. The van der Waals surface area contributed by atoms with E-state index in [4.69, 9.17) is 4.74 Å². The molecule has 9 nitrogen and oxygen atoms in total. The number of hydrogen-bond acceptors (Lipinski definition) is 7. The summed E-state index contributed by atoms with van der Waals surface area (Å²) in [5.74, 6) is -0.788. The van der Waals surface area contributed by atoms with Crippen molar-refractivity contribution in [1.29, 1.82) is 0 Å². The lowest BCUT2D eigenvalue weighted by Gasteiger charge is -2.08. The maximum atomic E-state index is 12.4. The van der Waals surface area contributed by atoms with Crippen LogP contribution in [0, 0.1) is 17.0 Å². The Bertz CT molecular complexity index is 1160. The predicted molar refractivity (Wildman–Crippen MR) is 120 cm³/mol. The number of rotatable bonds is 8. The van der Waals surface area contributed by atoms with Gasteiger partial charge in [-0.3, -0.25) is 14.9 Å². The van der Waals surface area contributed by atoms with Crippen LogP contribution >= 0.6 is 0 Å². The molecule has 3 rings (SSSR count). The molecule has 0 aromatic heterocycles. The molecular weight excluding hydrogens is 412 g/mol. The molecule has 0 unspecified atom stereocenters. The fraction of sp³-hybridized carbons (Fsp3) is 0.0870. The van der Waals surface area contributed by atoms with E-state index >= 15 is 0 Å². The summed E-state index contributed by atoms with van der Waals surface area (Å²) in [4.78, 5) is 34.6. The van der Waals surface area contributed by atoms with Gasteiger partial charge in [0.15, 0.2) is 0 Å². The number of carbonyl (C=O) groups excluding carboxylic acids is 2. The van der Waals surface area contributed by atoms with Crippen molar-refractivity contribution in [3.05, 3.63) is 99.6 Å². The fourth-order valence-corrected chi connectivity index (χ4v) is 2.72. The van der Waals surface area contributed by atoms with E-state index in [1.165, 1.54) is 30.5 Å². The van der Waals surface area contributed by atoms with Crippen LogP contribution in [-0.4, -0.2) is 29.6 Å². The van der Waals surface area contributed by atoms with Gasteiger partial charge in [-0.25, -0.2) is 10.2 Å². The summed E-state index contributed by atoms with van der Waals surface area (Å²) < 4.78 is 5.38. The highest BCUT2D eigenvalue weighted by Gasteiger charge is 2.13. The molecule has 0 saturated carbocycles. The third-order valence-electron chi connectivity index (χ3n) is 4.41. The number of hydrazone groups is 1. The molecular formula is C23H20N4O5. The van der Waals surface area contributed by atoms with E-state index in [-0.39, 0.29) is 29.5 Å². The molecule has 3 aromatic carbocycles. The van der Waals surface area contributed by atoms with Gasteiger partial charge in [-0.05, 0) is 42.8 Å². The molecule has 0 heterocycles. The number of carbonyl (C=O) groups is 2. The number of para-hydroxylation sites is 2. The number of hydrogen-bond donors (Lipinski definition) is 2. The standard InChI is InChI=1S/C23H20N4O5/c1-16-6-2-4-8-20(16)24-15-22(28)26-25-14-18-7-3-5-9-21(18)32-23(29)17-10-12-19(13-11-17)27(30)31/h2-14,24H,15H2,1H3,(H,26,28)/b25-14-. The molecule has 0 spiro atoms. The molecule has 0 atom stereocenters. The molecule has 2 N–H and O–H groups in total. The Morgan fingerprint density at radius 3 is 2.44 bits per heavy atom. The number of ether oxygens (including phenoxy) is 1. The normalized spacial score (nSPS) is 10.5. The number of benzene rings is 3. The van der Waals surface area contributed by atoms with Gasteiger partial charge in [-0.15, -0.1) is 0 Å². The second kappa shape index (κ2) is 10.5. The molecule has 0 fully saturated rings. The molecule has 0 bridgehead atoms. The zero-order valence-electron chi connectivity index (χ0n) is 17.1. The van der Waals surface area contributed by atoms with E-state index < -0.39 is 10.9 Å². The Balaban J connectivity index is 1.59. The van der Waals surface area contributed by atoms with Crippen molar-refractivity contribution in [3.8, 4) is 5.75 Å². The van der Waals surface area contributed by atoms with Gasteiger partial charge in [-0.1, -0.05) is 30.3 Å². The van der Waals surface area contributed by atoms with Gasteiger partial charge in [0.05, 0.1) is 23.2 Å². The maximum absolute atomic E-state index is 12.4. The van der Waals surface area contributed by atoms with Crippen molar-refractivity contribution >= 4 is 29.5 Å². The van der Waals surface area contributed by atoms with E-state index in [1.807, 2.05) is 31.2 Å². The summed E-state index contributed by atoms with van der Waals surface area (Å²) in [6, 6.07) is 19.3. The second-order valence-electron chi connectivity index (χ2n) is 6.69. The van der Waals surface area contributed by atoms with Gasteiger partial charge in [0.1, 0.15) is 5.75 Å². The van der Waals surface area contributed by atoms with Crippen LogP contribution in [0.3, 0.4) is 0 Å². The van der Waals surface area contributed by atoms with Gasteiger partial charge in [0, 0.05) is 23.4 Å². The smallest absolute Gasteiger partial charge is 0.343 e. The van der Waals surface area contributed by atoms with Gasteiger partial charge in [0.2, 0.25) is 0 Å². The number of nitro benzene ring substituents is 1. The lowest BCUT2D eigenvalue weighted by Crippen LogP contribution is -2.26. The maximum Gasteiger partial charge on any atom is 0.343 e. The van der Waals surface area contributed by atoms with Crippen LogP contribution in [0.4, 0.5) is 11.4 Å². The van der Waals surface area contributed by atoms with Crippen LogP contribution in [0.2, 0.25) is 0 Å².